The lowest BCUT2D eigenvalue weighted by molar-refractivity contribution is -0.137. The van der Waals surface area contributed by atoms with Gasteiger partial charge in [-0.15, -0.1) is 11.3 Å². The number of carboxylic acids is 1. The van der Waals surface area contributed by atoms with Crippen molar-refractivity contribution in [3.63, 3.8) is 0 Å². The van der Waals surface area contributed by atoms with Crippen LogP contribution < -0.4 is 10.1 Å². The number of carbonyl (C=O) groups excluding carboxylic acids is 1. The molecule has 2 aromatic rings. The number of carbonyl (C=O) groups is 2. The number of hydrogen-bond donors (Lipinski definition) is 2. The van der Waals surface area contributed by atoms with Crippen LogP contribution in [0.3, 0.4) is 0 Å². The van der Waals surface area contributed by atoms with Crippen molar-refractivity contribution in [2.75, 3.05) is 7.11 Å². The third kappa shape index (κ3) is 4.32. The summed E-state index contributed by atoms with van der Waals surface area (Å²) in [6.45, 7) is 3.64. The van der Waals surface area contributed by atoms with Crippen molar-refractivity contribution in [1.82, 2.24) is 5.32 Å². The summed E-state index contributed by atoms with van der Waals surface area (Å²) in [7, 11) is 1.62. The molecule has 0 aliphatic heterocycles. The molecule has 0 saturated carbocycles. The van der Waals surface area contributed by atoms with Gasteiger partial charge in [0, 0.05) is 10.9 Å². The van der Waals surface area contributed by atoms with Gasteiger partial charge in [-0.05, 0) is 43.2 Å². The molecule has 2 rings (SSSR count). The number of aryl methyl sites for hydroxylation is 1. The molecule has 5 nitrogen and oxygen atoms in total. The number of ether oxygens (including phenoxy) is 1. The summed E-state index contributed by atoms with van der Waals surface area (Å²) in [5.41, 5.74) is 2.01. The maximum Gasteiger partial charge on any atom is 0.305 e. The highest BCUT2D eigenvalue weighted by atomic mass is 32.1. The fraction of sp³-hybridized carbons (Fsp3) is 0.294. The molecule has 0 saturated heterocycles. The van der Waals surface area contributed by atoms with Crippen LogP contribution in [0.25, 0.3) is 11.1 Å². The lowest BCUT2D eigenvalue weighted by Crippen LogP contribution is -2.33. The van der Waals surface area contributed by atoms with E-state index in [0.29, 0.717) is 4.88 Å². The summed E-state index contributed by atoms with van der Waals surface area (Å²) in [5.74, 6) is -0.396. The Morgan fingerprint density at radius 3 is 2.52 bits per heavy atom. The maximum absolute atomic E-state index is 12.2. The first-order valence-electron chi connectivity index (χ1n) is 7.18. The Morgan fingerprint density at radius 2 is 1.96 bits per heavy atom. The van der Waals surface area contributed by atoms with Crippen LogP contribution in [0.1, 0.15) is 27.9 Å². The molecule has 0 fully saturated rings. The zero-order valence-corrected chi connectivity index (χ0v) is 14.1. The second-order valence-electron chi connectivity index (χ2n) is 5.28. The van der Waals surface area contributed by atoms with E-state index in [1.165, 1.54) is 11.3 Å². The van der Waals surface area contributed by atoms with Gasteiger partial charge in [0.25, 0.3) is 5.91 Å². The largest absolute Gasteiger partial charge is 0.497 e. The molecule has 122 valence electrons. The van der Waals surface area contributed by atoms with Crippen LogP contribution in [-0.2, 0) is 4.79 Å². The lowest BCUT2D eigenvalue weighted by Gasteiger charge is -2.10. The highest BCUT2D eigenvalue weighted by Gasteiger charge is 2.16. The van der Waals surface area contributed by atoms with Gasteiger partial charge in [-0.25, -0.2) is 0 Å². The van der Waals surface area contributed by atoms with E-state index in [4.69, 9.17) is 9.84 Å². The van der Waals surface area contributed by atoms with Crippen LogP contribution >= 0.6 is 11.3 Å². The van der Waals surface area contributed by atoms with Gasteiger partial charge < -0.3 is 15.2 Å². The fourth-order valence-corrected chi connectivity index (χ4v) is 3.20. The van der Waals surface area contributed by atoms with Crippen LogP contribution in [0.4, 0.5) is 0 Å². The molecular weight excluding hydrogens is 314 g/mol. The Kier molecular flexibility index (Phi) is 5.39. The number of rotatable bonds is 6. The number of methoxy groups -OCH3 is 1. The molecule has 0 aliphatic carbocycles. The quantitative estimate of drug-likeness (QED) is 0.850. The Balaban J connectivity index is 2.16. The molecule has 2 N–H and O–H groups in total. The van der Waals surface area contributed by atoms with Gasteiger partial charge in [-0.2, -0.15) is 0 Å². The number of carboxylic acid groups (broad SMARTS) is 1. The molecule has 0 bridgehead atoms. The van der Waals surface area contributed by atoms with Crippen LogP contribution in [0, 0.1) is 6.92 Å². The molecular formula is C17H19NO4S. The zero-order valence-electron chi connectivity index (χ0n) is 13.3. The Labute approximate surface area is 138 Å². The summed E-state index contributed by atoms with van der Waals surface area (Å²) in [4.78, 5) is 24.5. The number of benzene rings is 1. The van der Waals surface area contributed by atoms with Crippen molar-refractivity contribution < 1.29 is 19.4 Å². The average molecular weight is 333 g/mol. The van der Waals surface area contributed by atoms with Crippen LogP contribution in [0.2, 0.25) is 0 Å². The maximum atomic E-state index is 12.2. The van der Waals surface area contributed by atoms with Gasteiger partial charge in [0.05, 0.1) is 18.4 Å². The molecule has 1 aromatic carbocycles. The molecule has 0 radical (unpaired) electrons. The predicted molar refractivity (Wildman–Crippen MR) is 90.2 cm³/mol. The third-order valence-electron chi connectivity index (χ3n) is 3.40. The average Bonchev–Trinajstić information content (AvgIpc) is 2.88. The van der Waals surface area contributed by atoms with Crippen molar-refractivity contribution in [3.05, 3.63) is 40.1 Å². The monoisotopic (exact) mass is 333 g/mol. The van der Waals surface area contributed by atoms with E-state index in [1.807, 2.05) is 37.3 Å². The number of thiophene rings is 1. The molecule has 0 aliphatic rings. The topological polar surface area (TPSA) is 75.6 Å². The lowest BCUT2D eigenvalue weighted by atomic mass is 10.1. The number of amides is 1. The summed E-state index contributed by atoms with van der Waals surface area (Å²) >= 11 is 1.40. The van der Waals surface area contributed by atoms with Crippen molar-refractivity contribution in [2.24, 2.45) is 0 Å². The van der Waals surface area contributed by atoms with Crippen molar-refractivity contribution >= 4 is 23.2 Å². The Hall–Kier alpha value is -2.34. The van der Waals surface area contributed by atoms with Gasteiger partial charge in [0.15, 0.2) is 0 Å². The molecule has 1 atom stereocenters. The number of hydrogen-bond acceptors (Lipinski definition) is 4. The van der Waals surface area contributed by atoms with Gasteiger partial charge in [-0.1, -0.05) is 12.1 Å². The summed E-state index contributed by atoms with van der Waals surface area (Å²) in [6.07, 6.45) is -0.0958. The van der Waals surface area contributed by atoms with Gasteiger partial charge >= 0.3 is 5.97 Å². The summed E-state index contributed by atoms with van der Waals surface area (Å²) in [5, 5.41) is 11.5. The van der Waals surface area contributed by atoms with E-state index < -0.39 is 12.0 Å². The second kappa shape index (κ2) is 7.28. The Bertz CT molecular complexity index is 706. The second-order valence-corrected chi connectivity index (χ2v) is 6.54. The fourth-order valence-electron chi connectivity index (χ4n) is 2.26. The number of aliphatic carboxylic acids is 1. The first-order chi connectivity index (χ1) is 10.9. The first kappa shape index (κ1) is 17.0. The number of nitrogens with one attached hydrogen (secondary N) is 1. The molecule has 0 spiro atoms. The van der Waals surface area contributed by atoms with E-state index in [2.05, 4.69) is 5.32 Å². The van der Waals surface area contributed by atoms with E-state index in [1.54, 1.807) is 14.0 Å². The molecule has 1 amide bonds. The van der Waals surface area contributed by atoms with Crippen LogP contribution in [0.5, 0.6) is 5.75 Å². The minimum absolute atomic E-state index is 0.0958. The van der Waals surface area contributed by atoms with Crippen LogP contribution in [-0.4, -0.2) is 30.1 Å². The van der Waals surface area contributed by atoms with Gasteiger partial charge in [0.1, 0.15) is 5.75 Å². The predicted octanol–water partition coefficient (Wildman–Crippen LogP) is 3.33. The third-order valence-corrected chi connectivity index (χ3v) is 4.45. The van der Waals surface area contributed by atoms with Gasteiger partial charge in [-0.3, -0.25) is 9.59 Å². The van der Waals surface area contributed by atoms with E-state index in [9.17, 15) is 9.59 Å². The molecule has 23 heavy (non-hydrogen) atoms. The minimum Gasteiger partial charge on any atom is -0.497 e. The smallest absolute Gasteiger partial charge is 0.305 e. The van der Waals surface area contributed by atoms with Crippen molar-refractivity contribution in [3.8, 4) is 16.9 Å². The summed E-state index contributed by atoms with van der Waals surface area (Å²) < 4.78 is 5.14. The zero-order chi connectivity index (χ0) is 17.0. The standard InChI is InChI=1S/C17H19NO4S/c1-10(8-16(19)20)18-17(21)15-9-14(11(2)23-15)12-4-6-13(22-3)7-5-12/h4-7,9-10H,8H2,1-3H3,(H,18,21)(H,19,20). The highest BCUT2D eigenvalue weighted by Crippen LogP contribution is 2.32. The van der Waals surface area contributed by atoms with Gasteiger partial charge in [0.2, 0.25) is 0 Å². The summed E-state index contributed by atoms with van der Waals surface area (Å²) in [6, 6.07) is 9.07. The van der Waals surface area contributed by atoms with Crippen molar-refractivity contribution in [2.45, 2.75) is 26.3 Å². The molecule has 1 heterocycles. The molecule has 6 heteroatoms. The van der Waals surface area contributed by atoms with Crippen molar-refractivity contribution in [1.29, 1.82) is 0 Å². The first-order valence-corrected chi connectivity index (χ1v) is 8.00. The van der Waals surface area contributed by atoms with E-state index in [-0.39, 0.29) is 12.3 Å². The Morgan fingerprint density at radius 1 is 1.30 bits per heavy atom. The van der Waals surface area contributed by atoms with Crippen LogP contribution in [0.15, 0.2) is 30.3 Å². The normalized spacial score (nSPS) is 11.8. The SMILES string of the molecule is COc1ccc(-c2cc(C(=O)NC(C)CC(=O)O)sc2C)cc1. The van der Waals surface area contributed by atoms with E-state index in [0.717, 1.165) is 21.8 Å². The molecule has 1 unspecified atom stereocenters. The minimum atomic E-state index is -0.931. The van der Waals surface area contributed by atoms with E-state index >= 15 is 0 Å². The highest BCUT2D eigenvalue weighted by molar-refractivity contribution is 7.14. The molecule has 1 aromatic heterocycles.